The number of phenolic OH excluding ortho intramolecular Hbond substituents is 1. The van der Waals surface area contributed by atoms with Crippen molar-refractivity contribution in [2.45, 2.75) is 44.7 Å². The van der Waals surface area contributed by atoms with Gasteiger partial charge in [0.15, 0.2) is 11.5 Å². The molecule has 1 aliphatic rings. The van der Waals surface area contributed by atoms with Crippen LogP contribution in [0.3, 0.4) is 0 Å². The number of aryl methyl sites for hydroxylation is 1. The van der Waals surface area contributed by atoms with Crippen LogP contribution in [0.2, 0.25) is 0 Å². The Balaban J connectivity index is 1.73. The molecule has 0 fully saturated rings. The second kappa shape index (κ2) is 15.6. The van der Waals surface area contributed by atoms with E-state index in [4.69, 9.17) is 14.2 Å². The molecule has 0 unspecified atom stereocenters. The number of rotatable bonds is 13. The van der Waals surface area contributed by atoms with E-state index in [1.165, 1.54) is 20.1 Å². The van der Waals surface area contributed by atoms with Crippen molar-refractivity contribution in [2.75, 3.05) is 45.2 Å². The normalized spacial score (nSPS) is 14.2. The number of ether oxygens (including phenoxy) is 3. The Morgan fingerprint density at radius 3 is 2.40 bits per heavy atom. The molecule has 0 spiro atoms. The first kappa shape index (κ1) is 33.5. The lowest BCUT2D eigenvalue weighted by atomic mass is 9.95. The number of phenols is 1. The van der Waals surface area contributed by atoms with E-state index in [1.807, 2.05) is 30.5 Å². The third-order valence-corrected chi connectivity index (χ3v) is 8.47. The molecule has 240 valence electrons. The summed E-state index contributed by atoms with van der Waals surface area (Å²) < 4.78 is 17.1. The van der Waals surface area contributed by atoms with Crippen molar-refractivity contribution in [3.8, 4) is 34.1 Å². The van der Waals surface area contributed by atoms with Gasteiger partial charge in [0.05, 0.1) is 33.1 Å². The molecule has 4 N–H and O–H groups in total. The molecular formula is C34H41N3O7S. The molecule has 11 heteroatoms. The van der Waals surface area contributed by atoms with Crippen molar-refractivity contribution >= 4 is 29.3 Å². The minimum Gasteiger partial charge on any atom is -0.508 e. The Kier molecular flexibility index (Phi) is 11.6. The predicted molar refractivity (Wildman–Crippen MR) is 178 cm³/mol. The fourth-order valence-electron chi connectivity index (χ4n) is 5.64. The molecule has 0 radical (unpaired) electrons. The van der Waals surface area contributed by atoms with Crippen molar-refractivity contribution in [1.29, 1.82) is 0 Å². The summed E-state index contributed by atoms with van der Waals surface area (Å²) in [6.07, 6.45) is 4.21. The fourth-order valence-corrected chi connectivity index (χ4v) is 6.11. The number of fused-ring (bicyclic) bond motifs is 3. The second-order valence-corrected chi connectivity index (χ2v) is 11.8. The van der Waals surface area contributed by atoms with Crippen LogP contribution >= 0.6 is 11.8 Å². The van der Waals surface area contributed by atoms with Gasteiger partial charge in [0.1, 0.15) is 11.8 Å². The summed E-state index contributed by atoms with van der Waals surface area (Å²) in [5.41, 5.74) is 3.99. The number of carbonyl (C=O) groups is 2. The highest BCUT2D eigenvalue weighted by molar-refractivity contribution is 7.98. The number of hydrogen-bond acceptors (Lipinski definition) is 9. The minimum absolute atomic E-state index is 0.190. The van der Waals surface area contributed by atoms with E-state index in [0.29, 0.717) is 66.4 Å². The van der Waals surface area contributed by atoms with Crippen molar-refractivity contribution in [3.63, 3.8) is 0 Å². The first-order valence-electron chi connectivity index (χ1n) is 14.8. The topological polar surface area (TPSA) is 135 Å². The lowest BCUT2D eigenvalue weighted by Gasteiger charge is -2.19. The van der Waals surface area contributed by atoms with Crippen molar-refractivity contribution in [1.82, 2.24) is 10.6 Å². The van der Waals surface area contributed by atoms with Crippen LogP contribution in [0, 0.1) is 0 Å². The number of hydrogen-bond donors (Lipinski definition) is 4. The van der Waals surface area contributed by atoms with Crippen LogP contribution in [0.1, 0.15) is 42.5 Å². The van der Waals surface area contributed by atoms with E-state index >= 15 is 0 Å². The van der Waals surface area contributed by atoms with Gasteiger partial charge in [-0.25, -0.2) is 0 Å². The first-order valence-corrected chi connectivity index (χ1v) is 16.2. The van der Waals surface area contributed by atoms with Gasteiger partial charge in [-0.3, -0.25) is 14.4 Å². The van der Waals surface area contributed by atoms with Crippen LogP contribution in [0.4, 0.5) is 5.69 Å². The highest BCUT2D eigenvalue weighted by Crippen LogP contribution is 2.50. The van der Waals surface area contributed by atoms with E-state index < -0.39 is 12.1 Å². The number of carbonyl (C=O) groups excluding carboxylic acids is 2. The number of thioether (sulfide) groups is 1. The van der Waals surface area contributed by atoms with E-state index in [0.717, 1.165) is 16.7 Å². The molecule has 0 saturated heterocycles. The highest BCUT2D eigenvalue weighted by Gasteiger charge is 2.30. The molecule has 45 heavy (non-hydrogen) atoms. The number of amides is 2. The van der Waals surface area contributed by atoms with Gasteiger partial charge >= 0.3 is 0 Å². The quantitative estimate of drug-likeness (QED) is 0.215. The Morgan fingerprint density at radius 1 is 1.02 bits per heavy atom. The summed E-state index contributed by atoms with van der Waals surface area (Å²) in [5, 5.41) is 18.7. The monoisotopic (exact) mass is 635 g/mol. The maximum Gasteiger partial charge on any atom is 0.242 e. The zero-order valence-corrected chi connectivity index (χ0v) is 27.1. The minimum atomic E-state index is -0.649. The lowest BCUT2D eigenvalue weighted by molar-refractivity contribution is -0.122. The Bertz CT molecular complexity index is 1580. The van der Waals surface area contributed by atoms with Crippen LogP contribution in [-0.4, -0.2) is 62.8 Å². The van der Waals surface area contributed by atoms with Crippen LogP contribution in [-0.2, 0) is 22.4 Å². The van der Waals surface area contributed by atoms with Crippen molar-refractivity contribution in [2.24, 2.45) is 0 Å². The average molecular weight is 636 g/mol. The second-order valence-electron chi connectivity index (χ2n) is 10.8. The van der Waals surface area contributed by atoms with Crippen LogP contribution < -0.4 is 35.6 Å². The van der Waals surface area contributed by atoms with Gasteiger partial charge in [0.2, 0.25) is 23.0 Å². The van der Waals surface area contributed by atoms with Gasteiger partial charge in [0.25, 0.3) is 0 Å². The summed E-state index contributed by atoms with van der Waals surface area (Å²) in [5.74, 6) is 1.89. The van der Waals surface area contributed by atoms with Gasteiger partial charge < -0.3 is 35.3 Å². The van der Waals surface area contributed by atoms with E-state index in [9.17, 15) is 19.5 Å². The van der Waals surface area contributed by atoms with E-state index in [2.05, 4.69) is 16.0 Å². The summed E-state index contributed by atoms with van der Waals surface area (Å²) in [4.78, 5) is 39.4. The lowest BCUT2D eigenvalue weighted by Crippen LogP contribution is -2.41. The molecule has 3 aromatic carbocycles. The molecule has 2 atom stereocenters. The molecule has 0 bridgehead atoms. The van der Waals surface area contributed by atoms with E-state index in [-0.39, 0.29) is 28.7 Å². The SMILES string of the molecule is COc1cc2c(c(OC)c1OC)-c1ccc(N[C@@H](CCSC)C(=O)NCCc3ccc(O)cc3)c(=O)cc1[C@@H](NC(C)=O)CC2. The van der Waals surface area contributed by atoms with Gasteiger partial charge in [-0.2, -0.15) is 11.8 Å². The third-order valence-electron chi connectivity index (χ3n) is 7.82. The largest absolute Gasteiger partial charge is 0.508 e. The highest BCUT2D eigenvalue weighted by atomic mass is 32.2. The summed E-state index contributed by atoms with van der Waals surface area (Å²) in [7, 11) is 4.66. The smallest absolute Gasteiger partial charge is 0.242 e. The van der Waals surface area contributed by atoms with Crippen molar-refractivity contribution < 1.29 is 28.9 Å². The van der Waals surface area contributed by atoms with Gasteiger partial charge in [-0.1, -0.05) is 18.2 Å². The number of nitrogens with one attached hydrogen (secondary N) is 3. The van der Waals surface area contributed by atoms with E-state index in [1.54, 1.807) is 44.2 Å². The van der Waals surface area contributed by atoms with Gasteiger partial charge in [-0.15, -0.1) is 0 Å². The molecule has 0 saturated carbocycles. The maximum atomic E-state index is 13.8. The molecule has 2 amide bonds. The first-order chi connectivity index (χ1) is 21.7. The Morgan fingerprint density at radius 2 is 1.76 bits per heavy atom. The van der Waals surface area contributed by atoms with Gasteiger partial charge in [0, 0.05) is 19.0 Å². The molecule has 0 aliphatic heterocycles. The van der Waals surface area contributed by atoms with Crippen LogP contribution in [0.25, 0.3) is 11.1 Å². The average Bonchev–Trinajstić information content (AvgIpc) is 3.27. The molecule has 3 aromatic rings. The molecule has 4 rings (SSSR count). The number of anilines is 1. The standard InChI is InChI=1S/C34H41N3O7S/c1-20(38)36-26-12-8-22-18-30(42-2)32(43-3)33(44-4)31(22)24-11-13-27(29(40)19-25(24)26)37-28(15-17-45-5)34(41)35-16-14-21-6-9-23(39)10-7-21/h6-7,9-11,13,18-19,26,28,39H,8,12,14-17H2,1-5H3,(H,35,41)(H,36,38)(H,37,40)/t26-,28-/m0/s1. The van der Waals surface area contributed by atoms with Gasteiger partial charge in [-0.05, 0) is 90.3 Å². The Labute approximate surface area is 267 Å². The molecule has 10 nitrogen and oxygen atoms in total. The zero-order valence-electron chi connectivity index (χ0n) is 26.3. The summed E-state index contributed by atoms with van der Waals surface area (Å²) >= 11 is 1.62. The molecule has 0 heterocycles. The number of aromatic hydroxyl groups is 1. The number of methoxy groups -OCH3 is 3. The predicted octanol–water partition coefficient (Wildman–Crippen LogP) is 4.46. The third kappa shape index (κ3) is 8.02. The summed E-state index contributed by atoms with van der Waals surface area (Å²) in [6, 6.07) is 12.7. The van der Waals surface area contributed by atoms with Crippen LogP contribution in [0.5, 0.6) is 23.0 Å². The number of benzene rings is 2. The molecule has 0 aromatic heterocycles. The van der Waals surface area contributed by atoms with Crippen molar-refractivity contribution in [3.05, 3.63) is 75.4 Å². The summed E-state index contributed by atoms with van der Waals surface area (Å²) in [6.45, 7) is 1.86. The Hall–Kier alpha value is -4.38. The maximum absolute atomic E-state index is 13.8. The molecular weight excluding hydrogens is 594 g/mol. The molecule has 1 aliphatic carbocycles. The van der Waals surface area contributed by atoms with Crippen LogP contribution in [0.15, 0.2) is 53.3 Å². The zero-order chi connectivity index (χ0) is 32.5. The fraction of sp³-hybridized carbons (Fsp3) is 0.382.